The molecule has 0 spiro atoms. The molecule has 0 aliphatic carbocycles. The van der Waals surface area contributed by atoms with E-state index in [0.29, 0.717) is 18.8 Å². The van der Waals surface area contributed by atoms with Crippen LogP contribution < -0.4 is 10.2 Å². The minimum absolute atomic E-state index is 0.00442. The summed E-state index contributed by atoms with van der Waals surface area (Å²) < 4.78 is 0. The third-order valence-electron chi connectivity index (χ3n) is 4.46. The van der Waals surface area contributed by atoms with Crippen molar-refractivity contribution in [1.29, 1.82) is 0 Å². The van der Waals surface area contributed by atoms with Crippen molar-refractivity contribution in [2.75, 3.05) is 18.0 Å². The Morgan fingerprint density at radius 2 is 1.92 bits per heavy atom. The van der Waals surface area contributed by atoms with E-state index in [1.165, 1.54) is 24.8 Å². The molecule has 1 N–H and O–H groups in total. The van der Waals surface area contributed by atoms with Crippen molar-refractivity contribution in [2.45, 2.75) is 46.1 Å². The molecule has 0 unspecified atom stereocenters. The Labute approximate surface area is 149 Å². The molecule has 0 saturated carbocycles. The molecule has 132 valence electrons. The lowest BCUT2D eigenvalue weighted by molar-refractivity contribution is -0.120. The highest BCUT2D eigenvalue weighted by Crippen LogP contribution is 2.18. The Morgan fingerprint density at radius 1 is 1.12 bits per heavy atom. The molecular formula is C20H26N4O. The maximum Gasteiger partial charge on any atom is 0.224 e. The summed E-state index contributed by atoms with van der Waals surface area (Å²) in [6.07, 6.45) is 4.10. The number of piperidine rings is 1. The van der Waals surface area contributed by atoms with Crippen LogP contribution in [0.15, 0.2) is 30.3 Å². The predicted molar refractivity (Wildman–Crippen MR) is 99.6 cm³/mol. The molecule has 1 saturated heterocycles. The number of rotatable bonds is 5. The van der Waals surface area contributed by atoms with E-state index in [-0.39, 0.29) is 5.91 Å². The van der Waals surface area contributed by atoms with E-state index in [1.54, 1.807) is 0 Å². The summed E-state index contributed by atoms with van der Waals surface area (Å²) in [5, 5.41) is 2.94. The molecule has 1 fully saturated rings. The van der Waals surface area contributed by atoms with Crippen molar-refractivity contribution in [1.82, 2.24) is 15.3 Å². The highest BCUT2D eigenvalue weighted by Gasteiger charge is 2.14. The Hall–Kier alpha value is -2.43. The summed E-state index contributed by atoms with van der Waals surface area (Å²) in [5.74, 6) is 1.66. The van der Waals surface area contributed by atoms with Crippen molar-refractivity contribution < 1.29 is 4.79 Å². The van der Waals surface area contributed by atoms with Crippen molar-refractivity contribution in [2.24, 2.45) is 0 Å². The van der Waals surface area contributed by atoms with Gasteiger partial charge in [0.2, 0.25) is 5.91 Å². The Bertz CT molecular complexity index is 738. The monoisotopic (exact) mass is 338 g/mol. The van der Waals surface area contributed by atoms with Crippen molar-refractivity contribution in [3.05, 3.63) is 53.0 Å². The van der Waals surface area contributed by atoms with Gasteiger partial charge in [0, 0.05) is 24.8 Å². The van der Waals surface area contributed by atoms with E-state index in [0.717, 1.165) is 30.2 Å². The molecule has 3 rings (SSSR count). The smallest absolute Gasteiger partial charge is 0.224 e. The molecule has 1 aromatic heterocycles. The molecule has 2 heterocycles. The van der Waals surface area contributed by atoms with Gasteiger partial charge in [-0.05, 0) is 38.7 Å². The number of nitrogens with zero attached hydrogens (tertiary/aromatic N) is 3. The molecule has 5 heteroatoms. The van der Waals surface area contributed by atoms with Crippen LogP contribution in [0.1, 0.15) is 41.9 Å². The van der Waals surface area contributed by atoms with Crippen LogP contribution in [0, 0.1) is 13.8 Å². The topological polar surface area (TPSA) is 58.1 Å². The first-order valence-corrected chi connectivity index (χ1v) is 9.02. The lowest BCUT2D eigenvalue weighted by Gasteiger charge is -2.28. The van der Waals surface area contributed by atoms with Gasteiger partial charge in [0.1, 0.15) is 11.6 Å². The number of anilines is 1. The average molecular weight is 338 g/mol. The first-order valence-electron chi connectivity index (χ1n) is 9.02. The van der Waals surface area contributed by atoms with Crippen LogP contribution in [-0.4, -0.2) is 29.0 Å². The summed E-state index contributed by atoms with van der Waals surface area (Å²) in [5.41, 5.74) is 3.13. The molecule has 2 aromatic rings. The SMILES string of the molecule is Cc1cccc(CC(=O)NCc2nc(C)cc(N3CCCCC3)n2)c1. The Kier molecular flexibility index (Phi) is 5.64. The maximum absolute atomic E-state index is 12.2. The van der Waals surface area contributed by atoms with Crippen LogP contribution >= 0.6 is 0 Å². The van der Waals surface area contributed by atoms with E-state index in [1.807, 2.05) is 44.2 Å². The van der Waals surface area contributed by atoms with Crippen molar-refractivity contribution >= 4 is 11.7 Å². The third kappa shape index (κ3) is 5.02. The van der Waals surface area contributed by atoms with Gasteiger partial charge < -0.3 is 10.2 Å². The number of carbonyl (C=O) groups excluding carboxylic acids is 1. The zero-order valence-corrected chi connectivity index (χ0v) is 15.1. The van der Waals surface area contributed by atoms with Crippen LogP contribution in [0.2, 0.25) is 0 Å². The number of benzene rings is 1. The number of amides is 1. The van der Waals surface area contributed by atoms with Gasteiger partial charge in [-0.15, -0.1) is 0 Å². The lowest BCUT2D eigenvalue weighted by Crippen LogP contribution is -2.31. The van der Waals surface area contributed by atoms with Gasteiger partial charge in [-0.1, -0.05) is 29.8 Å². The highest BCUT2D eigenvalue weighted by molar-refractivity contribution is 5.78. The Balaban J connectivity index is 1.60. The summed E-state index contributed by atoms with van der Waals surface area (Å²) >= 11 is 0. The normalized spacial score (nSPS) is 14.4. The van der Waals surface area contributed by atoms with Gasteiger partial charge in [-0.3, -0.25) is 4.79 Å². The summed E-state index contributed by atoms with van der Waals surface area (Å²) in [7, 11) is 0. The van der Waals surface area contributed by atoms with Crippen molar-refractivity contribution in [3.63, 3.8) is 0 Å². The summed E-state index contributed by atoms with van der Waals surface area (Å²) in [6, 6.07) is 10.1. The number of aryl methyl sites for hydroxylation is 2. The second kappa shape index (κ2) is 8.10. The fourth-order valence-electron chi connectivity index (χ4n) is 3.22. The van der Waals surface area contributed by atoms with Crippen LogP contribution in [0.4, 0.5) is 5.82 Å². The molecular weight excluding hydrogens is 312 g/mol. The van der Waals surface area contributed by atoms with E-state index in [4.69, 9.17) is 0 Å². The molecule has 0 atom stereocenters. The fourth-order valence-corrected chi connectivity index (χ4v) is 3.22. The third-order valence-corrected chi connectivity index (χ3v) is 4.46. The van der Waals surface area contributed by atoms with Gasteiger partial charge in [0.05, 0.1) is 13.0 Å². The molecule has 5 nitrogen and oxygen atoms in total. The van der Waals surface area contributed by atoms with Crippen LogP contribution in [0.5, 0.6) is 0 Å². The Morgan fingerprint density at radius 3 is 2.68 bits per heavy atom. The quantitative estimate of drug-likeness (QED) is 0.911. The number of aromatic nitrogens is 2. The number of hydrogen-bond acceptors (Lipinski definition) is 4. The van der Waals surface area contributed by atoms with Gasteiger partial charge in [-0.25, -0.2) is 9.97 Å². The van der Waals surface area contributed by atoms with E-state index in [9.17, 15) is 4.79 Å². The summed E-state index contributed by atoms with van der Waals surface area (Å²) in [6.45, 7) is 6.48. The lowest BCUT2D eigenvalue weighted by atomic mass is 10.1. The highest BCUT2D eigenvalue weighted by atomic mass is 16.1. The number of nitrogens with one attached hydrogen (secondary N) is 1. The molecule has 0 radical (unpaired) electrons. The average Bonchev–Trinajstić information content (AvgIpc) is 2.60. The standard InChI is InChI=1S/C20H26N4O/c1-15-7-6-8-17(11-15)13-20(25)21-14-18-22-16(2)12-19(23-18)24-9-4-3-5-10-24/h6-8,11-12H,3-5,9-10,13-14H2,1-2H3,(H,21,25). The second-order valence-corrected chi connectivity index (χ2v) is 6.77. The van der Waals surface area contributed by atoms with Gasteiger partial charge >= 0.3 is 0 Å². The minimum Gasteiger partial charge on any atom is -0.357 e. The zero-order chi connectivity index (χ0) is 17.6. The molecule has 1 aliphatic rings. The first-order chi connectivity index (χ1) is 12.1. The van der Waals surface area contributed by atoms with Gasteiger partial charge in [0.25, 0.3) is 0 Å². The van der Waals surface area contributed by atoms with E-state index in [2.05, 4.69) is 20.2 Å². The second-order valence-electron chi connectivity index (χ2n) is 6.77. The molecule has 1 aliphatic heterocycles. The van der Waals surface area contributed by atoms with Crippen LogP contribution in [0.25, 0.3) is 0 Å². The molecule has 25 heavy (non-hydrogen) atoms. The van der Waals surface area contributed by atoms with Gasteiger partial charge in [-0.2, -0.15) is 0 Å². The van der Waals surface area contributed by atoms with Crippen molar-refractivity contribution in [3.8, 4) is 0 Å². The minimum atomic E-state index is -0.00442. The fraction of sp³-hybridized carbons (Fsp3) is 0.450. The first kappa shape index (κ1) is 17.4. The maximum atomic E-state index is 12.2. The molecule has 1 aromatic carbocycles. The van der Waals surface area contributed by atoms with Crippen LogP contribution in [-0.2, 0) is 17.8 Å². The zero-order valence-electron chi connectivity index (χ0n) is 15.1. The number of carbonyl (C=O) groups is 1. The summed E-state index contributed by atoms with van der Waals surface area (Å²) in [4.78, 5) is 23.6. The van der Waals surface area contributed by atoms with E-state index < -0.39 is 0 Å². The number of hydrogen-bond donors (Lipinski definition) is 1. The largest absolute Gasteiger partial charge is 0.357 e. The van der Waals surface area contributed by atoms with Gasteiger partial charge in [0.15, 0.2) is 0 Å². The molecule has 1 amide bonds. The van der Waals surface area contributed by atoms with E-state index >= 15 is 0 Å². The predicted octanol–water partition coefficient (Wildman–Crippen LogP) is 2.94. The molecule has 0 bridgehead atoms. The van der Waals surface area contributed by atoms with Crippen LogP contribution in [0.3, 0.4) is 0 Å².